The summed E-state index contributed by atoms with van der Waals surface area (Å²) in [4.78, 5) is 23.3. The highest BCUT2D eigenvalue weighted by Crippen LogP contribution is 2.93. The summed E-state index contributed by atoms with van der Waals surface area (Å²) >= 11 is 0. The first-order chi connectivity index (χ1) is 7.30. The molecule has 5 unspecified atom stereocenters. The van der Waals surface area contributed by atoms with E-state index in [4.69, 9.17) is 4.74 Å². The SMILES string of the molecule is O=C1OC(=O)[C@@H]2C1C1C3C4C1C1C4C3C12. The first-order valence-corrected chi connectivity index (χ1v) is 6.06. The summed E-state index contributed by atoms with van der Waals surface area (Å²) in [6.45, 7) is 0. The van der Waals surface area contributed by atoms with E-state index in [1.165, 1.54) is 0 Å². The van der Waals surface area contributed by atoms with E-state index in [0.29, 0.717) is 11.8 Å². The molecule has 3 nitrogen and oxygen atoms in total. The Bertz CT molecular complexity index is 407. The fraction of sp³-hybridized carbons (Fsp3) is 0.833. The van der Waals surface area contributed by atoms with Crippen molar-refractivity contribution in [3.8, 4) is 0 Å². The Kier molecular flexibility index (Phi) is 0.659. The molecule has 6 atom stereocenters. The molecular formula is C12H10O3. The quantitative estimate of drug-likeness (QED) is 0.419. The predicted octanol–water partition coefficient (Wildman–Crippen LogP) is 0.300. The first-order valence-electron chi connectivity index (χ1n) is 6.06. The van der Waals surface area contributed by atoms with E-state index < -0.39 is 0 Å². The molecule has 1 aliphatic heterocycles. The van der Waals surface area contributed by atoms with Gasteiger partial charge in [0.05, 0.1) is 11.8 Å². The van der Waals surface area contributed by atoms with Crippen molar-refractivity contribution in [2.45, 2.75) is 0 Å². The number of rotatable bonds is 0. The normalized spacial score (nSPS) is 78.1. The Morgan fingerprint density at radius 3 is 1.33 bits per heavy atom. The molecule has 1 saturated heterocycles. The molecule has 0 aromatic rings. The molecule has 7 rings (SSSR count). The van der Waals surface area contributed by atoms with Gasteiger partial charge in [0.25, 0.3) is 0 Å². The van der Waals surface area contributed by atoms with Crippen LogP contribution in [0.3, 0.4) is 0 Å². The van der Waals surface area contributed by atoms with Crippen LogP contribution in [0.15, 0.2) is 0 Å². The predicted molar refractivity (Wildman–Crippen MR) is 46.0 cm³/mol. The smallest absolute Gasteiger partial charge is 0.317 e. The van der Waals surface area contributed by atoms with Crippen molar-refractivity contribution >= 4 is 11.9 Å². The molecular weight excluding hydrogens is 192 g/mol. The molecule has 0 radical (unpaired) electrons. The second-order valence-electron chi connectivity index (χ2n) is 6.41. The van der Waals surface area contributed by atoms with Gasteiger partial charge in [0.2, 0.25) is 0 Å². The topological polar surface area (TPSA) is 43.4 Å². The van der Waals surface area contributed by atoms with Gasteiger partial charge in [0, 0.05) is 0 Å². The largest absolute Gasteiger partial charge is 0.393 e. The number of carbonyl (C=O) groups is 2. The lowest BCUT2D eigenvalue weighted by molar-refractivity contribution is -0.475. The van der Waals surface area contributed by atoms with Crippen LogP contribution in [-0.4, -0.2) is 11.9 Å². The van der Waals surface area contributed by atoms with Crippen molar-refractivity contribution in [3.05, 3.63) is 0 Å². The molecule has 0 spiro atoms. The van der Waals surface area contributed by atoms with Gasteiger partial charge >= 0.3 is 11.9 Å². The van der Waals surface area contributed by atoms with E-state index in [-0.39, 0.29) is 23.8 Å². The third-order valence-corrected chi connectivity index (χ3v) is 6.85. The molecule has 3 heteroatoms. The van der Waals surface area contributed by atoms with Crippen LogP contribution in [0, 0.1) is 59.2 Å². The van der Waals surface area contributed by atoms with Crippen LogP contribution >= 0.6 is 0 Å². The average Bonchev–Trinajstić information content (AvgIpc) is 2.42. The molecule has 1 heterocycles. The summed E-state index contributed by atoms with van der Waals surface area (Å²) in [5.74, 6) is 5.99. The molecule has 15 heavy (non-hydrogen) atoms. The summed E-state index contributed by atoms with van der Waals surface area (Å²) in [5, 5.41) is 0. The van der Waals surface area contributed by atoms with Gasteiger partial charge < -0.3 is 4.74 Å². The van der Waals surface area contributed by atoms with Gasteiger partial charge in [0.1, 0.15) is 0 Å². The average molecular weight is 202 g/mol. The first kappa shape index (κ1) is 6.66. The lowest BCUT2D eigenvalue weighted by Gasteiger charge is -2.94. The lowest BCUT2D eigenvalue weighted by atomic mass is 9.09. The molecule has 76 valence electrons. The number of esters is 2. The maximum absolute atomic E-state index is 11.7. The minimum absolute atomic E-state index is 0.0116. The maximum Gasteiger partial charge on any atom is 0.317 e. The Balaban J connectivity index is 1.60. The van der Waals surface area contributed by atoms with E-state index in [1.54, 1.807) is 0 Å². The highest BCUT2D eigenvalue weighted by Gasteiger charge is 2.93. The summed E-state index contributed by atoms with van der Waals surface area (Å²) < 4.78 is 4.86. The molecule has 6 saturated carbocycles. The monoisotopic (exact) mass is 202 g/mol. The van der Waals surface area contributed by atoms with Gasteiger partial charge in [-0.25, -0.2) is 0 Å². The van der Waals surface area contributed by atoms with Crippen molar-refractivity contribution in [1.29, 1.82) is 0 Å². The number of hydrogen-bond donors (Lipinski definition) is 0. The van der Waals surface area contributed by atoms with Crippen LogP contribution < -0.4 is 0 Å². The second-order valence-corrected chi connectivity index (χ2v) is 6.41. The van der Waals surface area contributed by atoms with Gasteiger partial charge in [0.15, 0.2) is 0 Å². The highest BCUT2D eigenvalue weighted by atomic mass is 16.6. The van der Waals surface area contributed by atoms with Crippen LogP contribution in [0.2, 0.25) is 0 Å². The van der Waals surface area contributed by atoms with Crippen molar-refractivity contribution in [1.82, 2.24) is 0 Å². The molecule has 2 bridgehead atoms. The zero-order chi connectivity index (χ0) is 9.64. The van der Waals surface area contributed by atoms with Crippen LogP contribution in [0.25, 0.3) is 0 Å². The van der Waals surface area contributed by atoms with Crippen LogP contribution in [-0.2, 0) is 14.3 Å². The zero-order valence-electron chi connectivity index (χ0n) is 8.00. The van der Waals surface area contributed by atoms with Crippen LogP contribution in [0.5, 0.6) is 0 Å². The zero-order valence-corrected chi connectivity index (χ0v) is 8.00. The van der Waals surface area contributed by atoms with Gasteiger partial charge in [-0.2, -0.15) is 0 Å². The lowest BCUT2D eigenvalue weighted by Crippen LogP contribution is -2.92. The Morgan fingerprint density at radius 2 is 0.933 bits per heavy atom. The third kappa shape index (κ3) is 0.362. The van der Waals surface area contributed by atoms with E-state index >= 15 is 0 Å². The standard InChI is InChI=1S/C12H10O3/c13-11-9-7-3-1-2-5(3)8(6(2)4(1)7)10(9)12(14)15-11/h1-10H/t1?,2?,3?,4?,5?,6?,7?,8?,9-,10?/m0/s1. The second kappa shape index (κ2) is 1.48. The van der Waals surface area contributed by atoms with E-state index in [2.05, 4.69) is 0 Å². The molecule has 7 fully saturated rings. The molecule has 7 aliphatic rings. The van der Waals surface area contributed by atoms with E-state index in [0.717, 1.165) is 35.5 Å². The number of carbonyl (C=O) groups excluding carboxylic acids is 2. The molecule has 0 N–H and O–H groups in total. The fourth-order valence-corrected chi connectivity index (χ4v) is 6.83. The van der Waals surface area contributed by atoms with Crippen LogP contribution in [0.1, 0.15) is 0 Å². The molecule has 0 aromatic carbocycles. The van der Waals surface area contributed by atoms with E-state index in [1.807, 2.05) is 0 Å². The van der Waals surface area contributed by atoms with Crippen molar-refractivity contribution in [2.24, 2.45) is 59.2 Å². The third-order valence-electron chi connectivity index (χ3n) is 6.85. The highest BCUT2D eigenvalue weighted by molar-refractivity contribution is 5.98. The van der Waals surface area contributed by atoms with Gasteiger partial charge in [-0.3, -0.25) is 9.59 Å². The maximum atomic E-state index is 11.7. The van der Waals surface area contributed by atoms with Crippen molar-refractivity contribution in [2.75, 3.05) is 0 Å². The van der Waals surface area contributed by atoms with Crippen molar-refractivity contribution < 1.29 is 14.3 Å². The Morgan fingerprint density at radius 1 is 0.600 bits per heavy atom. The summed E-state index contributed by atoms with van der Waals surface area (Å²) in [6.07, 6.45) is 0. The fourth-order valence-electron chi connectivity index (χ4n) is 6.83. The molecule has 6 aliphatic carbocycles. The summed E-state index contributed by atoms with van der Waals surface area (Å²) in [5.41, 5.74) is 0. The van der Waals surface area contributed by atoms with Gasteiger partial charge in [-0.05, 0) is 47.3 Å². The van der Waals surface area contributed by atoms with Gasteiger partial charge in [-0.1, -0.05) is 0 Å². The molecule has 0 aromatic heterocycles. The van der Waals surface area contributed by atoms with Crippen LogP contribution in [0.4, 0.5) is 0 Å². The summed E-state index contributed by atoms with van der Waals surface area (Å²) in [6, 6.07) is 0. The Hall–Kier alpha value is -0.860. The Labute approximate surface area is 86.2 Å². The summed E-state index contributed by atoms with van der Waals surface area (Å²) in [7, 11) is 0. The number of cyclic esters (lactones) is 2. The van der Waals surface area contributed by atoms with E-state index in [9.17, 15) is 9.59 Å². The number of hydrogen-bond acceptors (Lipinski definition) is 3. The minimum atomic E-state index is -0.189. The van der Waals surface area contributed by atoms with Gasteiger partial charge in [-0.15, -0.1) is 0 Å². The van der Waals surface area contributed by atoms with Crippen molar-refractivity contribution in [3.63, 3.8) is 0 Å². The minimum Gasteiger partial charge on any atom is -0.393 e. The molecule has 0 amide bonds. The number of ether oxygens (including phenoxy) is 1.